The fourth-order valence-corrected chi connectivity index (χ4v) is 3.45. The van der Waals surface area contributed by atoms with Gasteiger partial charge in [0.25, 0.3) is 0 Å². The fourth-order valence-electron chi connectivity index (χ4n) is 3.45. The van der Waals surface area contributed by atoms with Crippen LogP contribution in [-0.2, 0) is 16.1 Å². The molecule has 0 saturated heterocycles. The summed E-state index contributed by atoms with van der Waals surface area (Å²) in [4.78, 5) is 24.1. The number of esters is 1. The highest BCUT2D eigenvalue weighted by molar-refractivity contribution is 5.98. The number of nitrogens with one attached hydrogen (secondary N) is 1. The summed E-state index contributed by atoms with van der Waals surface area (Å²) in [6.45, 7) is 5.27. The molecule has 0 aliphatic carbocycles. The molecule has 206 valence electrons. The van der Waals surface area contributed by atoms with Crippen molar-refractivity contribution in [2.75, 3.05) is 12.4 Å². The third-order valence-electron chi connectivity index (χ3n) is 5.33. The molecule has 0 fully saturated rings. The molecule has 0 aliphatic rings. The fraction of sp³-hybridized carbons (Fsp3) is 0.360. The molecule has 0 unspecified atom stereocenters. The summed E-state index contributed by atoms with van der Waals surface area (Å²) < 4.78 is 103. The average molecular weight is 548 g/mol. The van der Waals surface area contributed by atoms with Gasteiger partial charge < -0.3 is 19.4 Å². The quantitative estimate of drug-likeness (QED) is 0.273. The molecule has 6 nitrogen and oxygen atoms in total. The monoisotopic (exact) mass is 548 g/mol. The molecule has 1 amide bonds. The average Bonchev–Trinajstić information content (AvgIpc) is 3.19. The van der Waals surface area contributed by atoms with Crippen LogP contribution in [0.2, 0.25) is 0 Å². The van der Waals surface area contributed by atoms with Crippen molar-refractivity contribution in [3.8, 4) is 5.75 Å². The van der Waals surface area contributed by atoms with Gasteiger partial charge in [0.1, 0.15) is 11.4 Å². The lowest BCUT2D eigenvalue weighted by atomic mass is 10.1. The highest BCUT2D eigenvalue weighted by atomic mass is 19.4. The summed E-state index contributed by atoms with van der Waals surface area (Å²) in [6, 6.07) is 9.84. The van der Waals surface area contributed by atoms with E-state index in [1.165, 1.54) is 30.6 Å². The van der Waals surface area contributed by atoms with Crippen LogP contribution in [0.3, 0.4) is 0 Å². The Morgan fingerprint density at radius 2 is 1.58 bits per heavy atom. The second-order valence-corrected chi connectivity index (χ2v) is 9.35. The minimum Gasteiger partial charge on any atom is -0.496 e. The van der Waals surface area contributed by atoms with Crippen molar-refractivity contribution in [1.82, 2.24) is 4.57 Å². The van der Waals surface area contributed by atoms with Gasteiger partial charge in [-0.2, -0.15) is 30.7 Å². The van der Waals surface area contributed by atoms with Crippen LogP contribution in [0.4, 0.5) is 36.4 Å². The van der Waals surface area contributed by atoms with Crippen LogP contribution >= 0.6 is 0 Å². The summed E-state index contributed by atoms with van der Waals surface area (Å²) in [7, 11) is 1.38. The molecule has 1 aromatic heterocycles. The number of alkyl halides is 7. The van der Waals surface area contributed by atoms with Crippen molar-refractivity contribution < 1.29 is 49.8 Å². The van der Waals surface area contributed by atoms with Gasteiger partial charge in [0, 0.05) is 17.4 Å². The minimum atomic E-state index is -6.63. The van der Waals surface area contributed by atoms with Crippen molar-refractivity contribution in [2.45, 2.75) is 50.9 Å². The lowest BCUT2D eigenvalue weighted by Crippen LogP contribution is -2.57. The number of anilines is 1. The second-order valence-electron chi connectivity index (χ2n) is 9.35. The van der Waals surface area contributed by atoms with Crippen molar-refractivity contribution >= 4 is 28.5 Å². The van der Waals surface area contributed by atoms with E-state index in [-0.39, 0.29) is 12.1 Å². The Morgan fingerprint density at radius 1 is 0.921 bits per heavy atom. The lowest BCUT2D eigenvalue weighted by Gasteiger charge is -2.27. The molecule has 13 heteroatoms. The zero-order chi connectivity index (χ0) is 28.7. The van der Waals surface area contributed by atoms with Gasteiger partial charge in [-0.05, 0) is 56.5 Å². The normalized spacial score (nSPS) is 12.9. The highest BCUT2D eigenvalue weighted by Gasteiger charge is 2.76. The van der Waals surface area contributed by atoms with Crippen LogP contribution in [0.5, 0.6) is 5.75 Å². The van der Waals surface area contributed by atoms with E-state index in [9.17, 15) is 40.3 Å². The molecule has 0 radical (unpaired) electrons. The SMILES string of the molecule is COc1cc(C(=O)OC(C)(C)C)ccc1Cn1ccc2ccc(NC(=O)C(F)(F)C(F)(F)C(F)(F)F)cc21. The van der Waals surface area contributed by atoms with E-state index in [1.54, 1.807) is 43.7 Å². The van der Waals surface area contributed by atoms with E-state index in [0.717, 1.165) is 12.1 Å². The summed E-state index contributed by atoms with van der Waals surface area (Å²) in [5.74, 6) is -15.7. The summed E-state index contributed by atoms with van der Waals surface area (Å²) in [5.41, 5.74) is 0.0224. The zero-order valence-electron chi connectivity index (χ0n) is 20.6. The third-order valence-corrected chi connectivity index (χ3v) is 5.33. The van der Waals surface area contributed by atoms with Crippen molar-refractivity contribution in [1.29, 1.82) is 0 Å². The third kappa shape index (κ3) is 5.70. The van der Waals surface area contributed by atoms with Gasteiger partial charge in [-0.1, -0.05) is 12.1 Å². The Morgan fingerprint density at radius 3 is 2.16 bits per heavy atom. The largest absolute Gasteiger partial charge is 0.496 e. The van der Waals surface area contributed by atoms with Gasteiger partial charge in [-0.25, -0.2) is 4.79 Å². The number of carbonyl (C=O) groups is 2. The number of hydrogen-bond donors (Lipinski definition) is 1. The topological polar surface area (TPSA) is 69.6 Å². The van der Waals surface area contributed by atoms with Gasteiger partial charge in [0.15, 0.2) is 0 Å². The first-order valence-electron chi connectivity index (χ1n) is 11.0. The standard InChI is InChI=1S/C25H23F7N2O4/c1-22(2,3)38-20(35)15-5-6-16(19(11-15)37-4)13-34-10-9-14-7-8-17(12-18(14)34)33-21(36)23(26,27)24(28,29)25(30,31)32/h5-12H,13H2,1-4H3,(H,33,36). The van der Waals surface area contributed by atoms with E-state index >= 15 is 0 Å². The van der Waals surface area contributed by atoms with Crippen LogP contribution in [0.25, 0.3) is 10.9 Å². The Kier molecular flexibility index (Phi) is 7.46. The molecule has 0 aliphatic heterocycles. The molecule has 38 heavy (non-hydrogen) atoms. The molecule has 0 spiro atoms. The predicted molar refractivity (Wildman–Crippen MR) is 124 cm³/mol. The second kappa shape index (κ2) is 9.84. The molecular formula is C25H23F7N2O4. The number of halogens is 7. The van der Waals surface area contributed by atoms with Crippen molar-refractivity contribution in [2.24, 2.45) is 0 Å². The van der Waals surface area contributed by atoms with Crippen LogP contribution in [-0.4, -0.2) is 47.2 Å². The number of ether oxygens (including phenoxy) is 2. The van der Waals surface area contributed by atoms with Gasteiger partial charge in [-0.3, -0.25) is 4.79 Å². The van der Waals surface area contributed by atoms with Crippen LogP contribution in [0, 0.1) is 0 Å². The first-order chi connectivity index (χ1) is 17.4. The number of benzene rings is 2. The number of carbonyl (C=O) groups excluding carboxylic acids is 2. The van der Waals surface area contributed by atoms with E-state index < -0.39 is 41.2 Å². The van der Waals surface area contributed by atoms with Crippen molar-refractivity contribution in [3.05, 3.63) is 59.8 Å². The summed E-state index contributed by atoms with van der Waals surface area (Å²) in [5, 5.41) is 1.99. The zero-order valence-corrected chi connectivity index (χ0v) is 20.6. The first-order valence-corrected chi connectivity index (χ1v) is 11.0. The van der Waals surface area contributed by atoms with E-state index in [0.29, 0.717) is 22.2 Å². The number of hydrogen-bond acceptors (Lipinski definition) is 4. The van der Waals surface area contributed by atoms with Crippen molar-refractivity contribution in [3.63, 3.8) is 0 Å². The molecule has 2 aromatic carbocycles. The van der Waals surface area contributed by atoms with Gasteiger partial charge in [-0.15, -0.1) is 0 Å². The first kappa shape index (κ1) is 28.8. The van der Waals surface area contributed by atoms with Crippen LogP contribution in [0.15, 0.2) is 48.7 Å². The maximum atomic E-state index is 13.7. The Labute approximate surface area is 212 Å². The minimum absolute atomic E-state index is 0.126. The molecule has 0 saturated carbocycles. The summed E-state index contributed by atoms with van der Waals surface area (Å²) >= 11 is 0. The van der Waals surface area contributed by atoms with E-state index in [2.05, 4.69) is 0 Å². The smallest absolute Gasteiger partial charge is 0.460 e. The molecule has 3 rings (SSSR count). The lowest BCUT2D eigenvalue weighted by molar-refractivity contribution is -0.343. The Hall–Kier alpha value is -3.77. The maximum Gasteiger partial charge on any atom is 0.460 e. The number of rotatable bonds is 7. The summed E-state index contributed by atoms with van der Waals surface area (Å²) in [6.07, 6.45) is -5.03. The highest BCUT2D eigenvalue weighted by Crippen LogP contribution is 2.47. The van der Waals surface area contributed by atoms with Crippen LogP contribution in [0.1, 0.15) is 36.7 Å². The van der Waals surface area contributed by atoms with E-state index in [1.807, 2.05) is 0 Å². The van der Waals surface area contributed by atoms with E-state index in [4.69, 9.17) is 9.47 Å². The predicted octanol–water partition coefficient (Wildman–Crippen LogP) is 6.42. The molecule has 0 atom stereocenters. The van der Waals surface area contributed by atoms with Gasteiger partial charge in [0.05, 0.1) is 24.7 Å². The van der Waals surface area contributed by atoms with Gasteiger partial charge in [0.2, 0.25) is 0 Å². The molecular weight excluding hydrogens is 525 g/mol. The Balaban J connectivity index is 1.88. The molecule has 1 heterocycles. The molecule has 3 aromatic rings. The maximum absolute atomic E-state index is 13.7. The number of methoxy groups -OCH3 is 1. The number of fused-ring (bicyclic) bond motifs is 1. The molecule has 0 bridgehead atoms. The number of aromatic nitrogens is 1. The Bertz CT molecular complexity index is 1360. The van der Waals surface area contributed by atoms with Crippen LogP contribution < -0.4 is 10.1 Å². The molecule has 1 N–H and O–H groups in total. The number of nitrogens with zero attached hydrogens (tertiary/aromatic N) is 1. The van der Waals surface area contributed by atoms with Gasteiger partial charge >= 0.3 is 29.9 Å². The number of amides is 1.